The molecule has 2 N–H and O–H groups in total. The van der Waals surface area contributed by atoms with Crippen molar-refractivity contribution in [1.29, 1.82) is 0 Å². The molecule has 2 aromatic rings. The molecule has 1 aromatic carbocycles. The quantitative estimate of drug-likeness (QED) is 0.900. The van der Waals surface area contributed by atoms with Gasteiger partial charge in [-0.25, -0.2) is 4.98 Å². The SMILES string of the molecule is CC1CCNCC1NC(=O)c1cccc(-n2ccnc2)c1. The summed E-state index contributed by atoms with van der Waals surface area (Å²) >= 11 is 0. The lowest BCUT2D eigenvalue weighted by molar-refractivity contribution is 0.0915. The summed E-state index contributed by atoms with van der Waals surface area (Å²) in [4.78, 5) is 16.4. The lowest BCUT2D eigenvalue weighted by atomic mass is 9.94. The molecule has 2 atom stereocenters. The lowest BCUT2D eigenvalue weighted by Crippen LogP contribution is -2.50. The van der Waals surface area contributed by atoms with Crippen molar-refractivity contribution < 1.29 is 4.79 Å². The normalized spacial score (nSPS) is 22.0. The summed E-state index contributed by atoms with van der Waals surface area (Å²) in [5.74, 6) is 0.490. The highest BCUT2D eigenvalue weighted by atomic mass is 16.1. The van der Waals surface area contributed by atoms with Gasteiger partial charge in [-0.2, -0.15) is 0 Å². The minimum absolute atomic E-state index is 0.0162. The molecule has 0 bridgehead atoms. The minimum Gasteiger partial charge on any atom is -0.348 e. The van der Waals surface area contributed by atoms with Gasteiger partial charge in [-0.05, 0) is 37.1 Å². The topological polar surface area (TPSA) is 58.9 Å². The summed E-state index contributed by atoms with van der Waals surface area (Å²) in [6.45, 7) is 4.06. The van der Waals surface area contributed by atoms with Gasteiger partial charge in [0.25, 0.3) is 5.91 Å². The first-order valence-electron chi connectivity index (χ1n) is 7.34. The fraction of sp³-hybridized carbons (Fsp3) is 0.375. The molecule has 1 aliphatic rings. The van der Waals surface area contributed by atoms with E-state index in [-0.39, 0.29) is 11.9 Å². The fourth-order valence-electron chi connectivity index (χ4n) is 2.65. The second-order valence-corrected chi connectivity index (χ2v) is 5.57. The second kappa shape index (κ2) is 6.10. The van der Waals surface area contributed by atoms with Crippen molar-refractivity contribution in [2.75, 3.05) is 13.1 Å². The number of rotatable bonds is 3. The molecule has 2 unspecified atom stereocenters. The van der Waals surface area contributed by atoms with Gasteiger partial charge in [-0.3, -0.25) is 4.79 Å². The monoisotopic (exact) mass is 284 g/mol. The minimum atomic E-state index is -0.0162. The molecule has 5 heteroatoms. The van der Waals surface area contributed by atoms with E-state index >= 15 is 0 Å². The zero-order valence-electron chi connectivity index (χ0n) is 12.1. The number of hydrogen-bond acceptors (Lipinski definition) is 3. The third kappa shape index (κ3) is 3.13. The maximum absolute atomic E-state index is 12.4. The number of carbonyl (C=O) groups excluding carboxylic acids is 1. The van der Waals surface area contributed by atoms with Crippen LogP contribution in [0.15, 0.2) is 43.0 Å². The van der Waals surface area contributed by atoms with Gasteiger partial charge in [0.2, 0.25) is 0 Å². The molecule has 3 rings (SSSR count). The van der Waals surface area contributed by atoms with Gasteiger partial charge in [0, 0.05) is 36.2 Å². The highest BCUT2D eigenvalue weighted by Gasteiger charge is 2.23. The van der Waals surface area contributed by atoms with Gasteiger partial charge in [0.1, 0.15) is 0 Å². The van der Waals surface area contributed by atoms with E-state index in [9.17, 15) is 4.79 Å². The number of benzene rings is 1. The Morgan fingerprint density at radius 2 is 2.38 bits per heavy atom. The maximum atomic E-state index is 12.4. The van der Waals surface area contributed by atoms with Crippen LogP contribution in [0.4, 0.5) is 0 Å². The van der Waals surface area contributed by atoms with Gasteiger partial charge < -0.3 is 15.2 Å². The number of carbonyl (C=O) groups is 1. The average Bonchev–Trinajstić information content (AvgIpc) is 3.04. The van der Waals surface area contributed by atoms with Crippen LogP contribution in [0.2, 0.25) is 0 Å². The third-order valence-electron chi connectivity index (χ3n) is 4.05. The zero-order chi connectivity index (χ0) is 14.7. The van der Waals surface area contributed by atoms with E-state index in [4.69, 9.17) is 0 Å². The predicted octanol–water partition coefficient (Wildman–Crippen LogP) is 1.60. The standard InChI is InChI=1S/C16H20N4O/c1-12-5-6-17-10-15(12)19-16(21)13-3-2-4-14(9-13)20-8-7-18-11-20/h2-4,7-9,11-12,15,17H,5-6,10H2,1H3,(H,19,21). The number of nitrogens with one attached hydrogen (secondary N) is 2. The van der Waals surface area contributed by atoms with Gasteiger partial charge in [-0.1, -0.05) is 13.0 Å². The van der Waals surface area contributed by atoms with E-state index in [1.54, 1.807) is 12.5 Å². The summed E-state index contributed by atoms with van der Waals surface area (Å²) in [6.07, 6.45) is 6.41. The molecule has 110 valence electrons. The molecule has 1 amide bonds. The molecule has 1 fully saturated rings. The van der Waals surface area contributed by atoms with E-state index < -0.39 is 0 Å². The van der Waals surface area contributed by atoms with Crippen molar-refractivity contribution in [1.82, 2.24) is 20.2 Å². The van der Waals surface area contributed by atoms with E-state index in [1.165, 1.54) is 0 Å². The largest absolute Gasteiger partial charge is 0.348 e. The van der Waals surface area contributed by atoms with E-state index in [0.717, 1.165) is 25.2 Å². The Balaban J connectivity index is 1.74. The average molecular weight is 284 g/mol. The lowest BCUT2D eigenvalue weighted by Gasteiger charge is -2.30. The molecular weight excluding hydrogens is 264 g/mol. The van der Waals surface area contributed by atoms with Gasteiger partial charge in [-0.15, -0.1) is 0 Å². The van der Waals surface area contributed by atoms with Crippen molar-refractivity contribution in [3.8, 4) is 5.69 Å². The van der Waals surface area contributed by atoms with Crippen LogP contribution in [0.1, 0.15) is 23.7 Å². The Labute approximate surface area is 124 Å². The molecule has 5 nitrogen and oxygen atoms in total. The number of hydrogen-bond donors (Lipinski definition) is 2. The molecule has 1 aliphatic heterocycles. The fourth-order valence-corrected chi connectivity index (χ4v) is 2.65. The molecule has 0 spiro atoms. The maximum Gasteiger partial charge on any atom is 0.251 e. The summed E-state index contributed by atoms with van der Waals surface area (Å²) < 4.78 is 1.89. The molecular formula is C16H20N4O. The van der Waals surface area contributed by atoms with Crippen LogP contribution in [-0.4, -0.2) is 34.6 Å². The molecule has 0 saturated carbocycles. The highest BCUT2D eigenvalue weighted by Crippen LogP contribution is 2.14. The Hall–Kier alpha value is -2.14. The number of nitrogens with zero attached hydrogens (tertiary/aromatic N) is 2. The van der Waals surface area contributed by atoms with E-state index in [2.05, 4.69) is 22.5 Å². The van der Waals surface area contributed by atoms with Crippen LogP contribution in [0.25, 0.3) is 5.69 Å². The molecule has 1 saturated heterocycles. The first kappa shape index (κ1) is 13.8. The first-order valence-corrected chi connectivity index (χ1v) is 7.34. The van der Waals surface area contributed by atoms with Crippen LogP contribution in [-0.2, 0) is 0 Å². The van der Waals surface area contributed by atoms with Crippen molar-refractivity contribution in [2.24, 2.45) is 5.92 Å². The molecule has 0 aliphatic carbocycles. The van der Waals surface area contributed by atoms with Crippen LogP contribution < -0.4 is 10.6 Å². The Bertz CT molecular complexity index is 608. The van der Waals surface area contributed by atoms with Crippen molar-refractivity contribution in [3.05, 3.63) is 48.5 Å². The summed E-state index contributed by atoms with van der Waals surface area (Å²) in [6, 6.07) is 7.79. The van der Waals surface area contributed by atoms with Gasteiger partial charge in [0.05, 0.1) is 6.33 Å². The molecule has 21 heavy (non-hydrogen) atoms. The van der Waals surface area contributed by atoms with E-state index in [0.29, 0.717) is 11.5 Å². The Kier molecular flexibility index (Phi) is 4.01. The van der Waals surface area contributed by atoms with Gasteiger partial charge >= 0.3 is 0 Å². The molecule has 2 heterocycles. The number of imidazole rings is 1. The van der Waals surface area contributed by atoms with Crippen molar-refractivity contribution in [3.63, 3.8) is 0 Å². The smallest absolute Gasteiger partial charge is 0.251 e. The zero-order valence-corrected chi connectivity index (χ0v) is 12.1. The molecule has 0 radical (unpaired) electrons. The summed E-state index contributed by atoms with van der Waals surface area (Å²) in [5, 5.41) is 6.46. The summed E-state index contributed by atoms with van der Waals surface area (Å²) in [5.41, 5.74) is 1.62. The first-order chi connectivity index (χ1) is 10.2. The predicted molar refractivity (Wildman–Crippen MR) is 81.5 cm³/mol. The van der Waals surface area contributed by atoms with Crippen molar-refractivity contribution in [2.45, 2.75) is 19.4 Å². The Morgan fingerprint density at radius 3 is 3.14 bits per heavy atom. The second-order valence-electron chi connectivity index (χ2n) is 5.57. The summed E-state index contributed by atoms with van der Waals surface area (Å²) in [7, 11) is 0. The van der Waals surface area contributed by atoms with Crippen LogP contribution >= 0.6 is 0 Å². The van der Waals surface area contributed by atoms with Crippen LogP contribution in [0, 0.1) is 5.92 Å². The number of amides is 1. The Morgan fingerprint density at radius 1 is 1.48 bits per heavy atom. The molecule has 1 aromatic heterocycles. The third-order valence-corrected chi connectivity index (χ3v) is 4.05. The van der Waals surface area contributed by atoms with Crippen molar-refractivity contribution >= 4 is 5.91 Å². The van der Waals surface area contributed by atoms with E-state index in [1.807, 2.05) is 35.0 Å². The number of aromatic nitrogens is 2. The van der Waals surface area contributed by atoms with Crippen LogP contribution in [0.3, 0.4) is 0 Å². The number of piperidine rings is 1. The highest BCUT2D eigenvalue weighted by molar-refractivity contribution is 5.95. The van der Waals surface area contributed by atoms with Crippen LogP contribution in [0.5, 0.6) is 0 Å². The van der Waals surface area contributed by atoms with Gasteiger partial charge in [0.15, 0.2) is 0 Å².